The first-order chi connectivity index (χ1) is 9.11. The van der Waals surface area contributed by atoms with Crippen LogP contribution in [0.1, 0.15) is 17.2 Å². The maximum atomic E-state index is 13.2. The molecule has 0 fully saturated rings. The minimum absolute atomic E-state index is 0.0480. The topological polar surface area (TPSA) is 12.0 Å². The lowest BCUT2D eigenvalue weighted by atomic mass is 9.99. The van der Waals surface area contributed by atoms with Crippen LogP contribution in [0.5, 0.6) is 0 Å². The molecule has 0 heterocycles. The van der Waals surface area contributed by atoms with Crippen LogP contribution in [0.2, 0.25) is 5.02 Å². The fraction of sp³-hybridized carbons (Fsp3) is 0.200. The highest BCUT2D eigenvalue weighted by Gasteiger charge is 2.15. The Kier molecular flexibility index (Phi) is 4.97. The maximum absolute atomic E-state index is 13.2. The summed E-state index contributed by atoms with van der Waals surface area (Å²) in [6.07, 6.45) is 0.685. The van der Waals surface area contributed by atoms with Crippen LogP contribution in [0.3, 0.4) is 0 Å². The number of hydrogen-bond donors (Lipinski definition) is 1. The summed E-state index contributed by atoms with van der Waals surface area (Å²) in [5.74, 6) is -0.215. The molecule has 1 atom stereocenters. The van der Waals surface area contributed by atoms with Gasteiger partial charge in [0.05, 0.1) is 5.02 Å². The molecule has 100 valence electrons. The quantitative estimate of drug-likeness (QED) is 0.846. The molecule has 0 saturated heterocycles. The van der Waals surface area contributed by atoms with Crippen LogP contribution in [0.15, 0.2) is 46.9 Å². The second-order valence-corrected chi connectivity index (χ2v) is 5.55. The molecule has 2 aromatic carbocycles. The molecular weight excluding hydrogens is 329 g/mol. The fourth-order valence-electron chi connectivity index (χ4n) is 2.06. The van der Waals surface area contributed by atoms with Gasteiger partial charge in [0, 0.05) is 10.5 Å². The smallest absolute Gasteiger partial charge is 0.123 e. The number of benzene rings is 2. The van der Waals surface area contributed by atoms with Gasteiger partial charge >= 0.3 is 0 Å². The van der Waals surface area contributed by atoms with E-state index >= 15 is 0 Å². The predicted octanol–water partition coefficient (Wildman–Crippen LogP) is 4.74. The second-order valence-electron chi connectivity index (χ2n) is 4.32. The standard InChI is InChI=1S/C15H14BrClFN/c1-19-14(9-10-4-2-5-11(18)8-10)12-6-3-7-13(16)15(12)17/h2-8,14,19H,9H2,1H3. The molecule has 0 bridgehead atoms. The summed E-state index contributed by atoms with van der Waals surface area (Å²) in [5.41, 5.74) is 1.94. The van der Waals surface area contributed by atoms with E-state index < -0.39 is 0 Å². The molecule has 1 nitrogen and oxygen atoms in total. The number of rotatable bonds is 4. The minimum atomic E-state index is -0.215. The van der Waals surface area contributed by atoms with Gasteiger partial charge in [0.25, 0.3) is 0 Å². The number of nitrogens with one attached hydrogen (secondary N) is 1. The Labute approximate surface area is 125 Å². The number of hydrogen-bond acceptors (Lipinski definition) is 1. The van der Waals surface area contributed by atoms with Crippen LogP contribution < -0.4 is 5.32 Å². The Morgan fingerprint density at radius 2 is 2.00 bits per heavy atom. The molecule has 0 aliphatic rings. The molecule has 2 rings (SSSR count). The third-order valence-corrected chi connectivity index (χ3v) is 4.35. The van der Waals surface area contributed by atoms with Crippen LogP contribution in [0.4, 0.5) is 4.39 Å². The van der Waals surface area contributed by atoms with E-state index in [-0.39, 0.29) is 11.9 Å². The average molecular weight is 343 g/mol. The molecule has 0 aliphatic heterocycles. The van der Waals surface area contributed by atoms with Crippen molar-refractivity contribution in [2.45, 2.75) is 12.5 Å². The first-order valence-corrected chi connectivity index (χ1v) is 7.14. The summed E-state index contributed by atoms with van der Waals surface area (Å²) < 4.78 is 14.1. The lowest BCUT2D eigenvalue weighted by molar-refractivity contribution is 0.584. The van der Waals surface area contributed by atoms with Crippen molar-refractivity contribution in [2.75, 3.05) is 7.05 Å². The summed E-state index contributed by atoms with van der Waals surface area (Å²) in [6.45, 7) is 0. The molecule has 4 heteroatoms. The summed E-state index contributed by atoms with van der Waals surface area (Å²) >= 11 is 9.72. The highest BCUT2D eigenvalue weighted by atomic mass is 79.9. The zero-order chi connectivity index (χ0) is 13.8. The van der Waals surface area contributed by atoms with Gasteiger partial charge < -0.3 is 5.32 Å². The van der Waals surface area contributed by atoms with Gasteiger partial charge in [-0.05, 0) is 58.7 Å². The van der Waals surface area contributed by atoms with Crippen molar-refractivity contribution in [3.05, 3.63) is 68.9 Å². The van der Waals surface area contributed by atoms with Gasteiger partial charge in [-0.25, -0.2) is 4.39 Å². The van der Waals surface area contributed by atoms with Gasteiger partial charge in [0.1, 0.15) is 5.82 Å². The Hall–Kier alpha value is -0.900. The zero-order valence-electron chi connectivity index (χ0n) is 10.5. The van der Waals surface area contributed by atoms with Crippen LogP contribution in [0, 0.1) is 5.82 Å². The second kappa shape index (κ2) is 6.51. The van der Waals surface area contributed by atoms with Crippen LogP contribution in [-0.4, -0.2) is 7.05 Å². The molecule has 0 spiro atoms. The summed E-state index contributed by atoms with van der Waals surface area (Å²) in [6, 6.07) is 12.5. The first kappa shape index (κ1) is 14.5. The molecular formula is C15H14BrClFN. The third kappa shape index (κ3) is 3.56. The van der Waals surface area contributed by atoms with E-state index in [1.165, 1.54) is 6.07 Å². The lowest BCUT2D eigenvalue weighted by Crippen LogP contribution is -2.19. The van der Waals surface area contributed by atoms with Crippen molar-refractivity contribution in [3.63, 3.8) is 0 Å². The van der Waals surface area contributed by atoms with Crippen molar-refractivity contribution in [1.82, 2.24) is 5.32 Å². The van der Waals surface area contributed by atoms with Gasteiger partial charge in [-0.15, -0.1) is 0 Å². The van der Waals surface area contributed by atoms with E-state index in [2.05, 4.69) is 21.2 Å². The predicted molar refractivity (Wildman–Crippen MR) is 81.1 cm³/mol. The Balaban J connectivity index is 2.28. The highest BCUT2D eigenvalue weighted by Crippen LogP contribution is 2.31. The van der Waals surface area contributed by atoms with E-state index in [0.29, 0.717) is 11.4 Å². The molecule has 2 aromatic rings. The average Bonchev–Trinajstić information content (AvgIpc) is 2.40. The largest absolute Gasteiger partial charge is 0.313 e. The van der Waals surface area contributed by atoms with E-state index in [0.717, 1.165) is 15.6 Å². The monoisotopic (exact) mass is 341 g/mol. The van der Waals surface area contributed by atoms with Crippen LogP contribution >= 0.6 is 27.5 Å². The van der Waals surface area contributed by atoms with Crippen LogP contribution in [0.25, 0.3) is 0 Å². The molecule has 0 saturated carbocycles. The molecule has 0 radical (unpaired) electrons. The Morgan fingerprint density at radius 1 is 1.26 bits per heavy atom. The summed E-state index contributed by atoms with van der Waals surface area (Å²) in [4.78, 5) is 0. The van der Waals surface area contributed by atoms with Crippen molar-refractivity contribution in [3.8, 4) is 0 Å². The van der Waals surface area contributed by atoms with Gasteiger partial charge in [0.15, 0.2) is 0 Å². The maximum Gasteiger partial charge on any atom is 0.123 e. The van der Waals surface area contributed by atoms with Crippen LogP contribution in [-0.2, 0) is 6.42 Å². The molecule has 1 N–H and O–H groups in total. The molecule has 0 amide bonds. The van der Waals surface area contributed by atoms with Crippen molar-refractivity contribution in [1.29, 1.82) is 0 Å². The SMILES string of the molecule is CNC(Cc1cccc(F)c1)c1cccc(Br)c1Cl. The first-order valence-electron chi connectivity index (χ1n) is 5.97. The van der Waals surface area contributed by atoms with E-state index in [1.54, 1.807) is 12.1 Å². The van der Waals surface area contributed by atoms with Gasteiger partial charge in [-0.1, -0.05) is 35.9 Å². The Bertz CT molecular complexity index is 574. The summed E-state index contributed by atoms with van der Waals surface area (Å²) in [7, 11) is 1.88. The molecule has 0 aliphatic carbocycles. The third-order valence-electron chi connectivity index (χ3n) is 3.03. The van der Waals surface area contributed by atoms with Gasteiger partial charge in [-0.3, -0.25) is 0 Å². The van der Waals surface area contributed by atoms with E-state index in [9.17, 15) is 4.39 Å². The fourth-order valence-corrected chi connectivity index (χ4v) is 2.70. The molecule has 0 aromatic heterocycles. The van der Waals surface area contributed by atoms with Gasteiger partial charge in [0.2, 0.25) is 0 Å². The van der Waals surface area contributed by atoms with Crippen molar-refractivity contribution < 1.29 is 4.39 Å². The lowest BCUT2D eigenvalue weighted by Gasteiger charge is -2.18. The van der Waals surface area contributed by atoms with Crippen molar-refractivity contribution >= 4 is 27.5 Å². The molecule has 19 heavy (non-hydrogen) atoms. The van der Waals surface area contributed by atoms with E-state index in [4.69, 9.17) is 11.6 Å². The zero-order valence-corrected chi connectivity index (χ0v) is 12.8. The Morgan fingerprint density at radius 3 is 2.68 bits per heavy atom. The minimum Gasteiger partial charge on any atom is -0.313 e. The van der Waals surface area contributed by atoms with Gasteiger partial charge in [-0.2, -0.15) is 0 Å². The van der Waals surface area contributed by atoms with E-state index in [1.807, 2.05) is 31.3 Å². The highest BCUT2D eigenvalue weighted by molar-refractivity contribution is 9.10. The van der Waals surface area contributed by atoms with Crippen molar-refractivity contribution in [2.24, 2.45) is 0 Å². The number of likely N-dealkylation sites (N-methyl/N-ethyl adjacent to an activating group) is 1. The number of halogens is 3. The normalized spacial score (nSPS) is 12.4. The molecule has 1 unspecified atom stereocenters. The summed E-state index contributed by atoms with van der Waals surface area (Å²) in [5, 5.41) is 3.92.